The van der Waals surface area contributed by atoms with Gasteiger partial charge >= 0.3 is 0 Å². The molecule has 0 saturated carbocycles. The number of benzene rings is 2. The van der Waals surface area contributed by atoms with Crippen molar-refractivity contribution in [3.8, 4) is 0 Å². The van der Waals surface area contributed by atoms with Crippen molar-refractivity contribution in [2.45, 2.75) is 19.8 Å². The Morgan fingerprint density at radius 1 is 1.13 bits per heavy atom. The Balaban J connectivity index is 1.46. The van der Waals surface area contributed by atoms with Crippen molar-refractivity contribution < 1.29 is 23.6 Å². The molecule has 7 nitrogen and oxygen atoms in total. The van der Waals surface area contributed by atoms with Crippen LogP contribution in [0.4, 0.5) is 15.8 Å². The number of rotatable bonds is 7. The van der Waals surface area contributed by atoms with E-state index in [1.165, 1.54) is 36.1 Å². The largest absolute Gasteiger partial charge is 0.355 e. The van der Waals surface area contributed by atoms with E-state index in [-0.39, 0.29) is 49.4 Å². The van der Waals surface area contributed by atoms with Gasteiger partial charge < -0.3 is 15.5 Å². The normalized spacial score (nSPS) is 15.7. The molecule has 1 saturated heterocycles. The van der Waals surface area contributed by atoms with Gasteiger partial charge in [-0.15, -0.1) is 0 Å². The lowest BCUT2D eigenvalue weighted by Crippen LogP contribution is -2.34. The zero-order chi connectivity index (χ0) is 21.7. The third-order valence-corrected chi connectivity index (χ3v) is 4.84. The van der Waals surface area contributed by atoms with Gasteiger partial charge in [0.05, 0.1) is 5.92 Å². The van der Waals surface area contributed by atoms with Crippen LogP contribution in [0.3, 0.4) is 0 Å². The van der Waals surface area contributed by atoms with Gasteiger partial charge in [-0.2, -0.15) is 0 Å². The molecule has 156 valence electrons. The smallest absolute Gasteiger partial charge is 0.227 e. The van der Waals surface area contributed by atoms with E-state index in [9.17, 15) is 23.6 Å². The summed E-state index contributed by atoms with van der Waals surface area (Å²) in [7, 11) is 0. The molecule has 3 rings (SSSR count). The maximum atomic E-state index is 13.1. The van der Waals surface area contributed by atoms with Crippen molar-refractivity contribution >= 4 is 34.9 Å². The van der Waals surface area contributed by atoms with Crippen molar-refractivity contribution in [2.24, 2.45) is 5.92 Å². The highest BCUT2D eigenvalue weighted by molar-refractivity contribution is 6.00. The Labute approximate surface area is 173 Å². The summed E-state index contributed by atoms with van der Waals surface area (Å²) in [5.74, 6) is -1.83. The van der Waals surface area contributed by atoms with Gasteiger partial charge in [0.15, 0.2) is 5.78 Å². The molecule has 1 heterocycles. The second-order valence-electron chi connectivity index (χ2n) is 7.11. The third kappa shape index (κ3) is 5.28. The van der Waals surface area contributed by atoms with Gasteiger partial charge in [0.25, 0.3) is 0 Å². The topological polar surface area (TPSA) is 95.6 Å². The molecule has 2 N–H and O–H groups in total. The number of hydrogen-bond donors (Lipinski definition) is 2. The molecule has 2 aromatic carbocycles. The van der Waals surface area contributed by atoms with E-state index < -0.39 is 11.7 Å². The van der Waals surface area contributed by atoms with E-state index in [0.29, 0.717) is 16.9 Å². The van der Waals surface area contributed by atoms with E-state index in [4.69, 9.17) is 0 Å². The molecule has 30 heavy (non-hydrogen) atoms. The minimum atomic E-state index is -0.530. The Morgan fingerprint density at radius 2 is 1.87 bits per heavy atom. The number of Topliss-reactive ketones (excluding diaryl/α,β-unsaturated/α-hetero) is 1. The van der Waals surface area contributed by atoms with E-state index in [1.54, 1.807) is 24.3 Å². The molecule has 0 bridgehead atoms. The lowest BCUT2D eigenvalue weighted by atomic mass is 10.1. The van der Waals surface area contributed by atoms with Crippen LogP contribution in [-0.2, 0) is 14.4 Å². The number of carbonyl (C=O) groups is 4. The second-order valence-corrected chi connectivity index (χ2v) is 7.11. The maximum Gasteiger partial charge on any atom is 0.227 e. The summed E-state index contributed by atoms with van der Waals surface area (Å²) >= 11 is 0. The first-order valence-corrected chi connectivity index (χ1v) is 9.58. The molecule has 1 fully saturated rings. The SMILES string of the molecule is CC(=O)c1cccc(NC(=O)CCNC(=O)C2CC(=O)N(c3ccc(F)cc3)C2)c1. The number of ketones is 1. The van der Waals surface area contributed by atoms with Crippen LogP contribution in [0.25, 0.3) is 0 Å². The second kappa shape index (κ2) is 9.30. The first-order chi connectivity index (χ1) is 14.3. The van der Waals surface area contributed by atoms with Crippen LogP contribution in [0.2, 0.25) is 0 Å². The molecule has 1 unspecified atom stereocenters. The van der Waals surface area contributed by atoms with Crippen LogP contribution in [0, 0.1) is 11.7 Å². The van der Waals surface area contributed by atoms with Crippen LogP contribution in [0.5, 0.6) is 0 Å². The number of halogens is 1. The number of nitrogens with zero attached hydrogens (tertiary/aromatic N) is 1. The summed E-state index contributed by atoms with van der Waals surface area (Å²) in [6.45, 7) is 1.78. The van der Waals surface area contributed by atoms with Gasteiger partial charge in [-0.1, -0.05) is 12.1 Å². The predicted molar refractivity (Wildman–Crippen MR) is 110 cm³/mol. The monoisotopic (exact) mass is 411 g/mol. The standard InChI is InChI=1S/C22H22FN3O4/c1-14(27)15-3-2-4-18(11-15)25-20(28)9-10-24-22(30)16-12-21(29)26(13-16)19-7-5-17(23)6-8-19/h2-8,11,16H,9-10,12-13H2,1H3,(H,24,30)(H,25,28). The predicted octanol–water partition coefficient (Wildman–Crippen LogP) is 2.53. The van der Waals surface area contributed by atoms with E-state index in [2.05, 4.69) is 10.6 Å². The fourth-order valence-electron chi connectivity index (χ4n) is 3.24. The number of anilines is 2. The molecule has 2 aromatic rings. The Bertz CT molecular complexity index is 975. The van der Waals surface area contributed by atoms with Gasteiger partial charge in [0, 0.05) is 42.9 Å². The average Bonchev–Trinajstić information content (AvgIpc) is 3.10. The molecule has 1 aliphatic rings. The quantitative estimate of drug-likeness (QED) is 0.685. The van der Waals surface area contributed by atoms with Gasteiger partial charge in [-0.25, -0.2) is 4.39 Å². The van der Waals surface area contributed by atoms with Crippen molar-refractivity contribution in [3.63, 3.8) is 0 Å². The number of hydrogen-bond acceptors (Lipinski definition) is 4. The summed E-state index contributed by atoms with van der Waals surface area (Å²) < 4.78 is 13.1. The number of carbonyl (C=O) groups excluding carboxylic acids is 4. The molecule has 0 aliphatic carbocycles. The Morgan fingerprint density at radius 3 is 2.57 bits per heavy atom. The fourth-order valence-corrected chi connectivity index (χ4v) is 3.24. The maximum absolute atomic E-state index is 13.1. The molecule has 8 heteroatoms. The van der Waals surface area contributed by atoms with E-state index in [1.807, 2.05) is 0 Å². The van der Waals surface area contributed by atoms with Crippen LogP contribution in [-0.4, -0.2) is 36.6 Å². The van der Waals surface area contributed by atoms with Crippen LogP contribution in [0.15, 0.2) is 48.5 Å². The van der Waals surface area contributed by atoms with E-state index >= 15 is 0 Å². The zero-order valence-corrected chi connectivity index (χ0v) is 16.5. The summed E-state index contributed by atoms with van der Waals surface area (Å²) in [5.41, 5.74) is 1.55. The van der Waals surface area contributed by atoms with Crippen LogP contribution in [0.1, 0.15) is 30.1 Å². The highest BCUT2D eigenvalue weighted by Gasteiger charge is 2.35. The Hall–Kier alpha value is -3.55. The van der Waals surface area contributed by atoms with Crippen molar-refractivity contribution in [1.29, 1.82) is 0 Å². The molecule has 0 spiro atoms. The third-order valence-electron chi connectivity index (χ3n) is 4.84. The van der Waals surface area contributed by atoms with Gasteiger partial charge in [-0.3, -0.25) is 19.2 Å². The summed E-state index contributed by atoms with van der Waals surface area (Å²) in [6, 6.07) is 12.1. The summed E-state index contributed by atoms with van der Waals surface area (Å²) in [6.07, 6.45) is 0.117. The summed E-state index contributed by atoms with van der Waals surface area (Å²) in [5, 5.41) is 5.36. The first-order valence-electron chi connectivity index (χ1n) is 9.58. The highest BCUT2D eigenvalue weighted by Crippen LogP contribution is 2.25. The average molecular weight is 411 g/mol. The molecule has 0 radical (unpaired) electrons. The summed E-state index contributed by atoms with van der Waals surface area (Å²) in [4.78, 5) is 49.5. The van der Waals surface area contributed by atoms with Gasteiger partial charge in [0.1, 0.15) is 5.82 Å². The molecular formula is C22H22FN3O4. The molecule has 1 aliphatic heterocycles. The first kappa shape index (κ1) is 21.2. The van der Waals surface area contributed by atoms with Gasteiger partial charge in [-0.05, 0) is 43.3 Å². The molecule has 3 amide bonds. The van der Waals surface area contributed by atoms with E-state index in [0.717, 1.165) is 0 Å². The molecule has 1 atom stereocenters. The van der Waals surface area contributed by atoms with Crippen molar-refractivity contribution in [2.75, 3.05) is 23.3 Å². The number of nitrogens with one attached hydrogen (secondary N) is 2. The lowest BCUT2D eigenvalue weighted by Gasteiger charge is -2.16. The minimum Gasteiger partial charge on any atom is -0.355 e. The highest BCUT2D eigenvalue weighted by atomic mass is 19.1. The lowest BCUT2D eigenvalue weighted by molar-refractivity contribution is -0.126. The Kier molecular flexibility index (Phi) is 6.56. The van der Waals surface area contributed by atoms with Crippen molar-refractivity contribution in [3.05, 3.63) is 59.9 Å². The molecule has 0 aromatic heterocycles. The van der Waals surface area contributed by atoms with Crippen LogP contribution >= 0.6 is 0 Å². The van der Waals surface area contributed by atoms with Gasteiger partial charge in [0.2, 0.25) is 17.7 Å². The fraction of sp³-hybridized carbons (Fsp3) is 0.273. The molecular weight excluding hydrogens is 389 g/mol. The van der Waals surface area contributed by atoms with Crippen molar-refractivity contribution in [1.82, 2.24) is 5.32 Å². The zero-order valence-electron chi connectivity index (χ0n) is 16.5. The number of amides is 3. The minimum absolute atomic E-state index is 0.0540. The van der Waals surface area contributed by atoms with Crippen LogP contribution < -0.4 is 15.5 Å².